The number of methoxy groups -OCH3 is 1. The Kier molecular flexibility index (Phi) is 21.3. The molecule has 0 aromatic carbocycles. The molecule has 1 N–H and O–H groups in total. The number of carbonyl (C=O) groups is 1. The van der Waals surface area contributed by atoms with Crippen molar-refractivity contribution in [3.63, 3.8) is 0 Å². The van der Waals surface area contributed by atoms with Crippen LogP contribution < -0.4 is 0 Å². The fraction of sp³-hybridized carbons (Fsp3) is 0.958. The highest BCUT2D eigenvalue weighted by molar-refractivity contribution is 5.68. The lowest BCUT2D eigenvalue weighted by atomic mass is 10.0. The number of hydrogen-bond acceptors (Lipinski definition) is 3. The molecule has 0 radical (unpaired) electrons. The van der Waals surface area contributed by atoms with Crippen LogP contribution in [0.25, 0.3) is 0 Å². The van der Waals surface area contributed by atoms with E-state index in [1.165, 1.54) is 97.0 Å². The van der Waals surface area contributed by atoms with Crippen LogP contribution in [-0.4, -0.2) is 24.3 Å². The lowest BCUT2D eigenvalue weighted by Crippen LogP contribution is -2.05. The van der Waals surface area contributed by atoms with Gasteiger partial charge in [-0.2, -0.15) is 0 Å². The maximum absolute atomic E-state index is 11.0. The number of carbonyl (C=O) groups excluding carboxylic acids is 1. The van der Waals surface area contributed by atoms with Crippen LogP contribution in [0.2, 0.25) is 0 Å². The van der Waals surface area contributed by atoms with Crippen molar-refractivity contribution in [3.8, 4) is 0 Å². The smallest absolute Gasteiger partial charge is 0.305 e. The maximum Gasteiger partial charge on any atom is 0.305 e. The van der Waals surface area contributed by atoms with Crippen molar-refractivity contribution in [2.24, 2.45) is 0 Å². The summed E-state index contributed by atoms with van der Waals surface area (Å²) in [6, 6.07) is 0. The molecule has 162 valence electrons. The molecule has 27 heavy (non-hydrogen) atoms. The summed E-state index contributed by atoms with van der Waals surface area (Å²) in [6.45, 7) is 2.27. The van der Waals surface area contributed by atoms with Crippen molar-refractivity contribution in [3.05, 3.63) is 0 Å². The first-order chi connectivity index (χ1) is 13.2. The van der Waals surface area contributed by atoms with E-state index in [0.717, 1.165) is 32.1 Å². The first kappa shape index (κ1) is 26.4. The van der Waals surface area contributed by atoms with Gasteiger partial charge in [0.1, 0.15) is 0 Å². The molecule has 0 aliphatic carbocycles. The van der Waals surface area contributed by atoms with Crippen LogP contribution in [0, 0.1) is 0 Å². The number of unbranched alkanes of at least 4 members (excludes halogenated alkanes) is 15. The van der Waals surface area contributed by atoms with Gasteiger partial charge < -0.3 is 9.84 Å². The van der Waals surface area contributed by atoms with Crippen LogP contribution in [0.15, 0.2) is 0 Å². The van der Waals surface area contributed by atoms with Gasteiger partial charge in [0.05, 0.1) is 13.2 Å². The Bertz CT molecular complexity index is 304. The summed E-state index contributed by atoms with van der Waals surface area (Å²) in [7, 11) is 1.45. The normalized spacial score (nSPS) is 12.3. The second-order valence-corrected chi connectivity index (χ2v) is 8.21. The van der Waals surface area contributed by atoms with E-state index in [9.17, 15) is 9.90 Å². The zero-order valence-corrected chi connectivity index (χ0v) is 18.5. The molecular formula is C24H48O3. The van der Waals surface area contributed by atoms with Gasteiger partial charge in [-0.25, -0.2) is 0 Å². The third-order valence-corrected chi connectivity index (χ3v) is 5.54. The van der Waals surface area contributed by atoms with Crippen LogP contribution in [0.5, 0.6) is 0 Å². The van der Waals surface area contributed by atoms with Gasteiger partial charge in [-0.1, -0.05) is 110 Å². The number of aliphatic hydroxyl groups excluding tert-OH is 1. The molecule has 0 aliphatic rings. The molecule has 1 unspecified atom stereocenters. The summed E-state index contributed by atoms with van der Waals surface area (Å²) in [5, 5.41) is 10.1. The van der Waals surface area contributed by atoms with Gasteiger partial charge in [0.15, 0.2) is 0 Å². The molecular weight excluding hydrogens is 336 g/mol. The average Bonchev–Trinajstić information content (AvgIpc) is 2.67. The summed E-state index contributed by atoms with van der Waals surface area (Å²) >= 11 is 0. The highest BCUT2D eigenvalue weighted by atomic mass is 16.5. The number of hydrogen-bond donors (Lipinski definition) is 1. The van der Waals surface area contributed by atoms with Gasteiger partial charge in [0, 0.05) is 6.42 Å². The number of aliphatic hydroxyl groups is 1. The topological polar surface area (TPSA) is 46.5 Å². The fourth-order valence-electron chi connectivity index (χ4n) is 3.65. The Hall–Kier alpha value is -0.570. The van der Waals surface area contributed by atoms with Crippen LogP contribution in [-0.2, 0) is 9.53 Å². The van der Waals surface area contributed by atoms with Gasteiger partial charge in [-0.15, -0.1) is 0 Å². The van der Waals surface area contributed by atoms with Gasteiger partial charge >= 0.3 is 5.97 Å². The Morgan fingerprint density at radius 2 is 1.04 bits per heavy atom. The van der Waals surface area contributed by atoms with E-state index in [4.69, 9.17) is 0 Å². The van der Waals surface area contributed by atoms with Gasteiger partial charge in [0.2, 0.25) is 0 Å². The summed E-state index contributed by atoms with van der Waals surface area (Å²) in [5.41, 5.74) is 0. The molecule has 0 rings (SSSR count). The van der Waals surface area contributed by atoms with Crippen molar-refractivity contribution < 1.29 is 14.6 Å². The second kappa shape index (κ2) is 21.7. The Morgan fingerprint density at radius 3 is 1.44 bits per heavy atom. The molecule has 0 aromatic heterocycles. The molecule has 0 bridgehead atoms. The monoisotopic (exact) mass is 384 g/mol. The molecule has 0 heterocycles. The van der Waals surface area contributed by atoms with E-state index in [1.54, 1.807) is 0 Å². The van der Waals surface area contributed by atoms with E-state index >= 15 is 0 Å². The van der Waals surface area contributed by atoms with E-state index in [2.05, 4.69) is 11.7 Å². The molecule has 3 heteroatoms. The summed E-state index contributed by atoms with van der Waals surface area (Å²) < 4.78 is 4.64. The Morgan fingerprint density at radius 1 is 0.667 bits per heavy atom. The molecule has 0 fully saturated rings. The molecule has 3 nitrogen and oxygen atoms in total. The third-order valence-electron chi connectivity index (χ3n) is 5.54. The van der Waals surface area contributed by atoms with Crippen molar-refractivity contribution in [1.82, 2.24) is 0 Å². The van der Waals surface area contributed by atoms with Crippen LogP contribution in [0.3, 0.4) is 0 Å². The zero-order chi connectivity index (χ0) is 20.0. The highest BCUT2D eigenvalue weighted by Gasteiger charge is 2.04. The van der Waals surface area contributed by atoms with Crippen LogP contribution in [0.1, 0.15) is 135 Å². The van der Waals surface area contributed by atoms with Crippen LogP contribution >= 0.6 is 0 Å². The zero-order valence-electron chi connectivity index (χ0n) is 18.5. The predicted octanol–water partition coefficient (Wildman–Crippen LogP) is 7.34. The highest BCUT2D eigenvalue weighted by Crippen LogP contribution is 2.15. The Balaban J connectivity index is 3.17. The van der Waals surface area contributed by atoms with E-state index in [-0.39, 0.29) is 12.1 Å². The van der Waals surface area contributed by atoms with E-state index < -0.39 is 0 Å². The minimum atomic E-state index is -0.0913. The molecule has 0 amide bonds. The minimum absolute atomic E-state index is 0.0842. The average molecular weight is 385 g/mol. The number of rotatable bonds is 21. The maximum atomic E-state index is 11.0. The molecule has 1 atom stereocenters. The van der Waals surface area contributed by atoms with Crippen molar-refractivity contribution in [2.45, 2.75) is 141 Å². The fourth-order valence-corrected chi connectivity index (χ4v) is 3.65. The van der Waals surface area contributed by atoms with Crippen molar-refractivity contribution in [2.75, 3.05) is 7.11 Å². The minimum Gasteiger partial charge on any atom is -0.469 e. The van der Waals surface area contributed by atoms with Crippen LogP contribution in [0.4, 0.5) is 0 Å². The van der Waals surface area contributed by atoms with E-state index in [1.807, 2.05) is 0 Å². The summed E-state index contributed by atoms with van der Waals surface area (Å²) in [5.74, 6) is -0.0913. The molecule has 0 aliphatic heterocycles. The van der Waals surface area contributed by atoms with Gasteiger partial charge in [-0.3, -0.25) is 4.79 Å². The third kappa shape index (κ3) is 21.6. The first-order valence-electron chi connectivity index (χ1n) is 12.0. The number of ether oxygens (including phenoxy) is 1. The van der Waals surface area contributed by atoms with E-state index in [0.29, 0.717) is 6.42 Å². The SMILES string of the molecule is CCCCCCCCCCCCC(O)CCCCCCCCCC(=O)OC. The summed E-state index contributed by atoms with van der Waals surface area (Å²) in [6.07, 6.45) is 24.2. The summed E-state index contributed by atoms with van der Waals surface area (Å²) in [4.78, 5) is 11.0. The second-order valence-electron chi connectivity index (χ2n) is 8.21. The molecule has 0 aromatic rings. The van der Waals surface area contributed by atoms with Gasteiger partial charge in [0.25, 0.3) is 0 Å². The first-order valence-corrected chi connectivity index (χ1v) is 12.0. The number of esters is 1. The predicted molar refractivity (Wildman–Crippen MR) is 116 cm³/mol. The molecule has 0 saturated carbocycles. The van der Waals surface area contributed by atoms with Crippen molar-refractivity contribution >= 4 is 5.97 Å². The Labute approximate surface area is 169 Å². The van der Waals surface area contributed by atoms with Gasteiger partial charge in [-0.05, 0) is 19.3 Å². The lowest BCUT2D eigenvalue weighted by molar-refractivity contribution is -0.140. The largest absolute Gasteiger partial charge is 0.469 e. The quantitative estimate of drug-likeness (QED) is 0.166. The van der Waals surface area contributed by atoms with Crippen molar-refractivity contribution in [1.29, 1.82) is 0 Å². The molecule has 0 spiro atoms. The molecule has 0 saturated heterocycles. The lowest BCUT2D eigenvalue weighted by Gasteiger charge is -2.10. The standard InChI is InChI=1S/C24H48O3/c1-3-4-5-6-7-8-9-11-14-17-20-23(25)21-18-15-12-10-13-16-19-22-24(26)27-2/h23,25H,3-22H2,1-2H3.